The van der Waals surface area contributed by atoms with Gasteiger partial charge in [-0.3, -0.25) is 4.79 Å². The first-order valence-corrected chi connectivity index (χ1v) is 6.42. The summed E-state index contributed by atoms with van der Waals surface area (Å²) in [5, 5.41) is 0.447. The fourth-order valence-electron chi connectivity index (χ4n) is 1.75. The van der Waals surface area contributed by atoms with Gasteiger partial charge in [-0.15, -0.1) is 0 Å². The highest BCUT2D eigenvalue weighted by molar-refractivity contribution is 6.31. The quantitative estimate of drug-likeness (QED) is 0.850. The summed E-state index contributed by atoms with van der Waals surface area (Å²) in [6.07, 6.45) is 0. The molecule has 0 spiro atoms. The molecule has 4 N–H and O–H groups in total. The van der Waals surface area contributed by atoms with E-state index in [9.17, 15) is 4.79 Å². The second-order valence-electron chi connectivity index (χ2n) is 4.48. The Morgan fingerprint density at radius 1 is 1.25 bits per heavy atom. The Balaban J connectivity index is 2.15. The number of rotatable bonds is 4. The molecule has 0 aliphatic heterocycles. The van der Waals surface area contributed by atoms with Crippen LogP contribution < -0.4 is 16.2 Å². The average Bonchev–Trinajstić information content (AvgIpc) is 2.40. The lowest BCUT2D eigenvalue weighted by Gasteiger charge is -2.11. The molecule has 0 bridgehead atoms. The number of hydrogen-bond donors (Lipinski definition) is 2. The summed E-state index contributed by atoms with van der Waals surface area (Å²) in [6, 6.07) is 10.4. The van der Waals surface area contributed by atoms with Crippen LogP contribution in [-0.2, 0) is 6.61 Å². The first-order valence-electron chi connectivity index (χ1n) is 6.04. The van der Waals surface area contributed by atoms with E-state index in [0.29, 0.717) is 28.6 Å². The van der Waals surface area contributed by atoms with Crippen molar-refractivity contribution in [2.75, 3.05) is 5.73 Å². The normalized spacial score (nSPS) is 10.3. The largest absolute Gasteiger partial charge is 0.489 e. The summed E-state index contributed by atoms with van der Waals surface area (Å²) in [7, 11) is 0. The molecule has 5 heteroatoms. The molecule has 2 rings (SSSR count). The summed E-state index contributed by atoms with van der Waals surface area (Å²) in [4.78, 5) is 11.0. The SMILES string of the molecule is Cc1ccc(N)cc1OCc1ccc(C(N)=O)cc1Cl. The fourth-order valence-corrected chi connectivity index (χ4v) is 1.98. The number of nitrogen functional groups attached to an aromatic ring is 1. The van der Waals surface area contributed by atoms with Gasteiger partial charge in [0.15, 0.2) is 0 Å². The van der Waals surface area contributed by atoms with Crippen LogP contribution in [0.5, 0.6) is 5.75 Å². The van der Waals surface area contributed by atoms with Gasteiger partial charge in [-0.05, 0) is 30.7 Å². The number of carbonyl (C=O) groups excluding carboxylic acids is 1. The monoisotopic (exact) mass is 290 g/mol. The standard InChI is InChI=1S/C15H15ClN2O2/c1-9-2-5-12(17)7-14(9)20-8-11-4-3-10(15(18)19)6-13(11)16/h2-7H,8,17H2,1H3,(H2,18,19). The van der Waals surface area contributed by atoms with Crippen LogP contribution in [-0.4, -0.2) is 5.91 Å². The van der Waals surface area contributed by atoms with Crippen LogP contribution in [0.4, 0.5) is 5.69 Å². The molecule has 0 saturated heterocycles. The lowest BCUT2D eigenvalue weighted by atomic mass is 10.1. The van der Waals surface area contributed by atoms with E-state index in [1.165, 1.54) is 6.07 Å². The van der Waals surface area contributed by atoms with Gasteiger partial charge in [0.05, 0.1) is 0 Å². The van der Waals surface area contributed by atoms with Gasteiger partial charge in [-0.2, -0.15) is 0 Å². The Bertz CT molecular complexity index is 656. The molecule has 0 fully saturated rings. The number of carbonyl (C=O) groups is 1. The summed E-state index contributed by atoms with van der Waals surface area (Å²) >= 11 is 6.10. The minimum absolute atomic E-state index is 0.294. The minimum atomic E-state index is -0.508. The Morgan fingerprint density at radius 2 is 2.00 bits per heavy atom. The van der Waals surface area contributed by atoms with Crippen LogP contribution >= 0.6 is 11.6 Å². The lowest BCUT2D eigenvalue weighted by molar-refractivity contribution is 0.1000. The van der Waals surface area contributed by atoms with Gasteiger partial charge >= 0.3 is 0 Å². The van der Waals surface area contributed by atoms with Gasteiger partial charge in [-0.25, -0.2) is 0 Å². The Morgan fingerprint density at radius 3 is 2.65 bits per heavy atom. The third-order valence-electron chi connectivity index (χ3n) is 2.93. The molecule has 0 aliphatic carbocycles. The Kier molecular flexibility index (Phi) is 4.15. The van der Waals surface area contributed by atoms with Crippen molar-refractivity contribution in [2.24, 2.45) is 5.73 Å². The highest BCUT2D eigenvalue weighted by Crippen LogP contribution is 2.24. The maximum atomic E-state index is 11.0. The minimum Gasteiger partial charge on any atom is -0.489 e. The number of anilines is 1. The summed E-state index contributed by atoms with van der Waals surface area (Å²) in [5.41, 5.74) is 13.7. The first kappa shape index (κ1) is 14.2. The van der Waals surface area contributed by atoms with E-state index in [1.54, 1.807) is 18.2 Å². The maximum absolute atomic E-state index is 11.0. The Labute approximate surface area is 122 Å². The van der Waals surface area contributed by atoms with E-state index in [0.717, 1.165) is 11.1 Å². The van der Waals surface area contributed by atoms with Gasteiger partial charge in [-0.1, -0.05) is 23.7 Å². The van der Waals surface area contributed by atoms with Crippen molar-refractivity contribution in [3.8, 4) is 5.75 Å². The van der Waals surface area contributed by atoms with Crippen LogP contribution in [0.25, 0.3) is 0 Å². The van der Waals surface area contributed by atoms with Gasteiger partial charge in [0.1, 0.15) is 12.4 Å². The highest BCUT2D eigenvalue weighted by atomic mass is 35.5. The third kappa shape index (κ3) is 3.22. The third-order valence-corrected chi connectivity index (χ3v) is 3.28. The summed E-state index contributed by atoms with van der Waals surface area (Å²) in [6.45, 7) is 2.23. The molecule has 104 valence electrons. The predicted molar refractivity (Wildman–Crippen MR) is 79.9 cm³/mol. The molecule has 2 aromatic rings. The van der Waals surface area contributed by atoms with Crippen molar-refractivity contribution in [1.29, 1.82) is 0 Å². The molecule has 0 radical (unpaired) electrons. The van der Waals surface area contributed by atoms with Crippen LogP contribution in [0.2, 0.25) is 5.02 Å². The zero-order chi connectivity index (χ0) is 14.7. The van der Waals surface area contributed by atoms with Crippen molar-refractivity contribution < 1.29 is 9.53 Å². The van der Waals surface area contributed by atoms with E-state index < -0.39 is 5.91 Å². The first-order chi connectivity index (χ1) is 9.47. The molecule has 0 aromatic heterocycles. The van der Waals surface area contributed by atoms with Crippen LogP contribution in [0.1, 0.15) is 21.5 Å². The number of primary amides is 1. The van der Waals surface area contributed by atoms with E-state index in [1.807, 2.05) is 19.1 Å². The van der Waals surface area contributed by atoms with Crippen LogP contribution in [0, 0.1) is 6.92 Å². The number of hydrogen-bond acceptors (Lipinski definition) is 3. The van der Waals surface area contributed by atoms with Crippen molar-refractivity contribution in [3.63, 3.8) is 0 Å². The summed E-state index contributed by atoms with van der Waals surface area (Å²) in [5.74, 6) is 0.200. The maximum Gasteiger partial charge on any atom is 0.248 e. The van der Waals surface area contributed by atoms with Gasteiger partial charge in [0.2, 0.25) is 5.91 Å². The molecule has 2 aromatic carbocycles. The zero-order valence-corrected chi connectivity index (χ0v) is 11.8. The highest BCUT2D eigenvalue weighted by Gasteiger charge is 2.07. The number of amides is 1. The van der Waals surface area contributed by atoms with Crippen molar-refractivity contribution in [1.82, 2.24) is 0 Å². The molecular weight excluding hydrogens is 276 g/mol. The van der Waals surface area contributed by atoms with Crippen molar-refractivity contribution in [3.05, 3.63) is 58.1 Å². The van der Waals surface area contributed by atoms with Crippen molar-refractivity contribution in [2.45, 2.75) is 13.5 Å². The van der Waals surface area contributed by atoms with Crippen LogP contribution in [0.3, 0.4) is 0 Å². The number of benzene rings is 2. The zero-order valence-electron chi connectivity index (χ0n) is 11.0. The predicted octanol–water partition coefficient (Wildman–Crippen LogP) is 2.91. The molecular formula is C15H15ClN2O2. The molecule has 0 saturated carbocycles. The molecule has 0 heterocycles. The fraction of sp³-hybridized carbons (Fsp3) is 0.133. The number of ether oxygens (including phenoxy) is 1. The topological polar surface area (TPSA) is 78.3 Å². The van der Waals surface area contributed by atoms with Gasteiger partial charge in [0.25, 0.3) is 0 Å². The molecule has 0 unspecified atom stereocenters. The average molecular weight is 291 g/mol. The summed E-state index contributed by atoms with van der Waals surface area (Å²) < 4.78 is 5.70. The van der Waals surface area contributed by atoms with Crippen molar-refractivity contribution >= 4 is 23.2 Å². The molecule has 4 nitrogen and oxygen atoms in total. The van der Waals surface area contributed by atoms with E-state index in [2.05, 4.69) is 0 Å². The smallest absolute Gasteiger partial charge is 0.248 e. The number of halogens is 1. The molecule has 20 heavy (non-hydrogen) atoms. The van der Waals surface area contributed by atoms with Gasteiger partial charge < -0.3 is 16.2 Å². The van der Waals surface area contributed by atoms with E-state index in [-0.39, 0.29) is 0 Å². The van der Waals surface area contributed by atoms with E-state index in [4.69, 9.17) is 27.8 Å². The molecule has 1 amide bonds. The Hall–Kier alpha value is -2.20. The lowest BCUT2D eigenvalue weighted by Crippen LogP contribution is -2.11. The number of aryl methyl sites for hydroxylation is 1. The molecule has 0 atom stereocenters. The second-order valence-corrected chi connectivity index (χ2v) is 4.89. The van der Waals surface area contributed by atoms with E-state index >= 15 is 0 Å². The van der Waals surface area contributed by atoms with Crippen LogP contribution in [0.15, 0.2) is 36.4 Å². The van der Waals surface area contributed by atoms with Gasteiger partial charge in [0, 0.05) is 27.9 Å². The number of nitrogens with two attached hydrogens (primary N) is 2. The second kappa shape index (κ2) is 5.84. The molecule has 0 aliphatic rings.